The number of nitrogens with one attached hydrogen (secondary N) is 1. The molecule has 90 valence electrons. The average Bonchev–Trinajstić information content (AvgIpc) is 2.30. The highest BCUT2D eigenvalue weighted by molar-refractivity contribution is 7.80. The summed E-state index contributed by atoms with van der Waals surface area (Å²) in [6, 6.07) is 0. The van der Waals surface area contributed by atoms with Gasteiger partial charge in [0.1, 0.15) is 6.10 Å². The van der Waals surface area contributed by atoms with Crippen molar-refractivity contribution < 1.29 is 4.74 Å². The Morgan fingerprint density at radius 3 is 2.62 bits per heavy atom. The Morgan fingerprint density at radius 2 is 1.81 bits per heavy atom. The van der Waals surface area contributed by atoms with E-state index in [2.05, 4.69) is 5.32 Å². The largest absolute Gasteiger partial charge is 0.467 e. The van der Waals surface area contributed by atoms with Crippen molar-refractivity contribution in [2.24, 2.45) is 5.92 Å². The molecule has 0 aromatic rings. The summed E-state index contributed by atoms with van der Waals surface area (Å²) < 4.78 is 5.84. The van der Waals surface area contributed by atoms with E-state index >= 15 is 0 Å². The Bertz CT molecular complexity index is 286. The summed E-state index contributed by atoms with van der Waals surface area (Å²) in [6.45, 7) is 0. The first-order chi connectivity index (χ1) is 7.80. The minimum Gasteiger partial charge on any atom is -0.467 e. The first-order valence-electron chi connectivity index (χ1n) is 6.79. The van der Waals surface area contributed by atoms with Crippen LogP contribution in [0.1, 0.15) is 57.8 Å². The van der Waals surface area contributed by atoms with Crippen LogP contribution in [-0.2, 0) is 4.74 Å². The summed E-state index contributed by atoms with van der Waals surface area (Å²) in [4.78, 5) is 0. The smallest absolute Gasteiger partial charge is 0.257 e. The van der Waals surface area contributed by atoms with Crippen LogP contribution in [0.3, 0.4) is 0 Å². The van der Waals surface area contributed by atoms with Crippen LogP contribution in [0, 0.1) is 5.92 Å². The highest BCUT2D eigenvalue weighted by Gasteiger charge is 2.49. The Hall–Kier alpha value is -0.310. The number of rotatable bonds is 0. The first kappa shape index (κ1) is 10.8. The highest BCUT2D eigenvalue weighted by Crippen LogP contribution is 2.44. The first-order valence-corrected chi connectivity index (χ1v) is 7.20. The number of hydrogen-bond donors (Lipinski definition) is 1. The Labute approximate surface area is 103 Å². The van der Waals surface area contributed by atoms with Gasteiger partial charge in [-0.2, -0.15) is 0 Å². The van der Waals surface area contributed by atoms with Gasteiger partial charge in [-0.15, -0.1) is 0 Å². The zero-order valence-electron chi connectivity index (χ0n) is 9.84. The molecule has 3 fully saturated rings. The topological polar surface area (TPSA) is 21.3 Å². The Balaban J connectivity index is 1.85. The normalized spacial score (nSPS) is 37.4. The van der Waals surface area contributed by atoms with Gasteiger partial charge in [-0.05, 0) is 44.3 Å². The minimum atomic E-state index is 0.304. The van der Waals surface area contributed by atoms with Crippen molar-refractivity contribution in [2.75, 3.05) is 0 Å². The molecule has 3 heteroatoms. The molecule has 0 aromatic heterocycles. The molecule has 0 unspecified atom stereocenters. The van der Waals surface area contributed by atoms with Gasteiger partial charge in [0.15, 0.2) is 0 Å². The maximum Gasteiger partial charge on any atom is 0.257 e. The lowest BCUT2D eigenvalue weighted by Crippen LogP contribution is -2.63. The van der Waals surface area contributed by atoms with Crippen molar-refractivity contribution >= 4 is 17.4 Å². The lowest BCUT2D eigenvalue weighted by molar-refractivity contribution is -0.0229. The molecule has 2 atom stereocenters. The van der Waals surface area contributed by atoms with Crippen molar-refractivity contribution in [3.8, 4) is 0 Å². The van der Waals surface area contributed by atoms with E-state index in [1.165, 1.54) is 57.8 Å². The number of hydrogen-bond acceptors (Lipinski definition) is 2. The fourth-order valence-electron chi connectivity index (χ4n) is 4.01. The maximum absolute atomic E-state index is 5.84. The van der Waals surface area contributed by atoms with Crippen LogP contribution in [0.15, 0.2) is 0 Å². The van der Waals surface area contributed by atoms with Crippen molar-refractivity contribution in [3.05, 3.63) is 0 Å². The van der Waals surface area contributed by atoms with Gasteiger partial charge in [0.2, 0.25) is 0 Å². The van der Waals surface area contributed by atoms with E-state index in [0.717, 1.165) is 0 Å². The van der Waals surface area contributed by atoms with Crippen LogP contribution >= 0.6 is 12.2 Å². The van der Waals surface area contributed by atoms with Gasteiger partial charge >= 0.3 is 0 Å². The van der Waals surface area contributed by atoms with Gasteiger partial charge in [-0.25, -0.2) is 0 Å². The number of ether oxygens (including phenoxy) is 1. The summed E-state index contributed by atoms with van der Waals surface area (Å²) in [6.07, 6.45) is 12.4. The van der Waals surface area contributed by atoms with Gasteiger partial charge < -0.3 is 10.1 Å². The summed E-state index contributed by atoms with van der Waals surface area (Å²) in [5.74, 6) is 0.716. The van der Waals surface area contributed by atoms with Crippen molar-refractivity contribution in [3.63, 3.8) is 0 Å². The fourth-order valence-corrected chi connectivity index (χ4v) is 4.34. The van der Waals surface area contributed by atoms with E-state index in [4.69, 9.17) is 17.0 Å². The molecule has 2 nitrogen and oxygen atoms in total. The predicted molar refractivity (Wildman–Crippen MR) is 68.4 cm³/mol. The van der Waals surface area contributed by atoms with Crippen LogP contribution < -0.4 is 5.32 Å². The molecule has 1 aliphatic heterocycles. The van der Waals surface area contributed by atoms with Gasteiger partial charge in [0, 0.05) is 11.5 Å². The lowest BCUT2D eigenvalue weighted by atomic mass is 9.65. The highest BCUT2D eigenvalue weighted by atomic mass is 32.1. The van der Waals surface area contributed by atoms with Crippen molar-refractivity contribution in [1.82, 2.24) is 5.32 Å². The third-order valence-electron chi connectivity index (χ3n) is 4.77. The van der Waals surface area contributed by atoms with Gasteiger partial charge in [-0.3, -0.25) is 0 Å². The molecular formula is C13H21NOS. The third-order valence-corrected chi connectivity index (χ3v) is 4.97. The van der Waals surface area contributed by atoms with Gasteiger partial charge in [0.05, 0.1) is 0 Å². The molecule has 1 spiro atoms. The van der Waals surface area contributed by atoms with Crippen LogP contribution in [-0.4, -0.2) is 16.8 Å². The fraction of sp³-hybridized carbons (Fsp3) is 0.923. The SMILES string of the molecule is S=C1NC2(CCCCC2)[C@H]2CCCC[C@@H]2O1. The summed E-state index contributed by atoms with van der Waals surface area (Å²) >= 11 is 5.29. The summed E-state index contributed by atoms with van der Waals surface area (Å²) in [5, 5.41) is 4.21. The standard InChI is InChI=1S/C13H21NOS/c16-12-14-13(8-4-1-5-9-13)10-6-2-3-7-11(10)15-12/h10-11H,1-9H2,(H,14,16)/t10-,11-/m0/s1. The van der Waals surface area contributed by atoms with E-state index < -0.39 is 0 Å². The van der Waals surface area contributed by atoms with E-state index in [1.54, 1.807) is 0 Å². The Kier molecular flexibility index (Phi) is 2.82. The molecule has 16 heavy (non-hydrogen) atoms. The minimum absolute atomic E-state index is 0.304. The molecule has 0 bridgehead atoms. The van der Waals surface area contributed by atoms with Crippen LogP contribution in [0.5, 0.6) is 0 Å². The quantitative estimate of drug-likeness (QED) is 0.656. The van der Waals surface area contributed by atoms with E-state index in [0.29, 0.717) is 22.7 Å². The van der Waals surface area contributed by atoms with Crippen molar-refractivity contribution in [2.45, 2.75) is 69.4 Å². The van der Waals surface area contributed by atoms with E-state index in [1.807, 2.05) is 0 Å². The molecule has 3 rings (SSSR count). The molecule has 0 radical (unpaired) electrons. The predicted octanol–water partition coefficient (Wildman–Crippen LogP) is 3.15. The third kappa shape index (κ3) is 1.73. The van der Waals surface area contributed by atoms with Crippen molar-refractivity contribution in [1.29, 1.82) is 0 Å². The van der Waals surface area contributed by atoms with Crippen LogP contribution in [0.2, 0.25) is 0 Å². The van der Waals surface area contributed by atoms with E-state index in [9.17, 15) is 0 Å². The van der Waals surface area contributed by atoms with Crippen LogP contribution in [0.25, 0.3) is 0 Å². The Morgan fingerprint density at radius 1 is 1.06 bits per heavy atom. The summed E-state index contributed by atoms with van der Waals surface area (Å²) in [5.41, 5.74) is 0.304. The van der Waals surface area contributed by atoms with Gasteiger partial charge in [-0.1, -0.05) is 25.7 Å². The second-order valence-corrected chi connectivity index (χ2v) is 6.05. The molecule has 0 aromatic carbocycles. The second-order valence-electron chi connectivity index (χ2n) is 5.68. The molecular weight excluding hydrogens is 218 g/mol. The van der Waals surface area contributed by atoms with E-state index in [-0.39, 0.29) is 0 Å². The molecule has 3 aliphatic rings. The molecule has 1 saturated heterocycles. The number of thiocarbonyl (C=S) groups is 1. The molecule has 1 N–H and O–H groups in total. The molecule has 1 heterocycles. The zero-order chi connectivity index (χ0) is 11.0. The molecule has 2 saturated carbocycles. The zero-order valence-corrected chi connectivity index (χ0v) is 10.7. The monoisotopic (exact) mass is 239 g/mol. The maximum atomic E-state index is 5.84. The summed E-state index contributed by atoms with van der Waals surface area (Å²) in [7, 11) is 0. The average molecular weight is 239 g/mol. The van der Waals surface area contributed by atoms with Gasteiger partial charge in [0.25, 0.3) is 5.17 Å². The molecule has 0 amide bonds. The second kappa shape index (κ2) is 4.17. The lowest BCUT2D eigenvalue weighted by Gasteiger charge is -2.52. The number of fused-ring (bicyclic) bond motifs is 2. The molecule has 2 aliphatic carbocycles. The van der Waals surface area contributed by atoms with Crippen LogP contribution in [0.4, 0.5) is 0 Å².